The molecule has 0 aliphatic carbocycles. The molecule has 42 valence electrons. The van der Waals surface area contributed by atoms with Crippen LogP contribution in [0.5, 0.6) is 0 Å². The van der Waals surface area contributed by atoms with E-state index in [0.717, 1.165) is 5.09 Å². The summed E-state index contributed by atoms with van der Waals surface area (Å²) in [7, 11) is -3.49. The summed E-state index contributed by atoms with van der Waals surface area (Å²) in [5.41, 5.74) is 0. The molecule has 0 aromatic heterocycles. The van der Waals surface area contributed by atoms with Gasteiger partial charge in [-0.3, -0.25) is 10.5 Å². The number of halogens is 3. The third-order valence-corrected chi connectivity index (χ3v) is 0.548. The summed E-state index contributed by atoms with van der Waals surface area (Å²) in [4.78, 5) is 0. The number of amidine groups is 1. The predicted molar refractivity (Wildman–Crippen MR) is 21.1 cm³/mol. The maximum Gasteiger partial charge on any atom is 0.374 e. The van der Waals surface area contributed by atoms with Crippen molar-refractivity contribution >= 4 is 14.8 Å². The lowest BCUT2D eigenvalue weighted by Crippen LogP contribution is -2.06. The molecule has 2 nitrogen and oxygen atoms in total. The van der Waals surface area contributed by atoms with Crippen molar-refractivity contribution in [3.63, 3.8) is 0 Å². The molecule has 7 heavy (non-hydrogen) atoms. The highest BCUT2D eigenvalue weighted by atomic mass is 31.2. The van der Waals surface area contributed by atoms with Crippen LogP contribution in [0.3, 0.4) is 0 Å². The number of rotatable bonds is 1. The van der Waals surface area contributed by atoms with Gasteiger partial charge < -0.3 is 0 Å². The normalized spacial score (nSPS) is 9.14. The predicted octanol–water partition coefficient (Wildman–Crippen LogP) is 1.65. The first-order valence-electron chi connectivity index (χ1n) is 1.25. The first kappa shape index (κ1) is 6.69. The Morgan fingerprint density at radius 3 is 2.00 bits per heavy atom. The molecule has 0 aromatic carbocycles. The lowest BCUT2D eigenvalue weighted by Gasteiger charge is -1.91. The summed E-state index contributed by atoms with van der Waals surface area (Å²) in [5.74, 6) is 0. The van der Waals surface area contributed by atoms with Gasteiger partial charge in [-0.1, -0.05) is 0 Å². The van der Waals surface area contributed by atoms with Crippen LogP contribution in [-0.4, -0.2) is 6.09 Å². The Hall–Kier alpha value is -0.310. The Morgan fingerprint density at radius 2 is 2.00 bits per heavy atom. The fourth-order valence-corrected chi connectivity index (χ4v) is 0.223. The zero-order chi connectivity index (χ0) is 5.86. The van der Waals surface area contributed by atoms with Gasteiger partial charge in [0.2, 0.25) is 0 Å². The van der Waals surface area contributed by atoms with Crippen molar-refractivity contribution < 1.29 is 12.8 Å². The second-order valence-corrected chi connectivity index (χ2v) is 1.35. The van der Waals surface area contributed by atoms with E-state index < -0.39 is 14.8 Å². The highest BCUT2D eigenvalue weighted by Crippen LogP contribution is 2.32. The summed E-state index contributed by atoms with van der Waals surface area (Å²) >= 11 is 0. The van der Waals surface area contributed by atoms with Crippen molar-refractivity contribution in [3.05, 3.63) is 0 Å². The zero-order valence-electron chi connectivity index (χ0n) is 3.08. The fraction of sp³-hybridized carbons (Fsp3) is 0. The molecule has 0 rings (SSSR count). The molecule has 0 bridgehead atoms. The lowest BCUT2D eigenvalue weighted by atomic mass is 11.3. The Balaban J connectivity index is 3.13. The summed E-state index contributed by atoms with van der Waals surface area (Å²) in [6.45, 7) is 0. The van der Waals surface area contributed by atoms with Crippen molar-refractivity contribution in [2.75, 3.05) is 0 Å². The summed E-state index contributed by atoms with van der Waals surface area (Å²) in [6, 6.07) is 0. The minimum atomic E-state index is -3.49. The third-order valence-electron chi connectivity index (χ3n) is 0.183. The molecule has 0 fully saturated rings. The van der Waals surface area contributed by atoms with Crippen molar-refractivity contribution in [1.82, 2.24) is 5.09 Å². The van der Waals surface area contributed by atoms with E-state index in [1.54, 1.807) is 0 Å². The van der Waals surface area contributed by atoms with E-state index in [1.165, 1.54) is 0 Å². The molecule has 6 heteroatoms. The standard InChI is InChI=1S/CH2F3N2P/c2-1(5)6-7(3)4/h(H2,5,6). The van der Waals surface area contributed by atoms with E-state index in [2.05, 4.69) is 0 Å². The number of hydrogen-bond acceptors (Lipinski definition) is 1. The molecule has 0 spiro atoms. The van der Waals surface area contributed by atoms with Gasteiger partial charge in [0.15, 0.2) is 0 Å². The second-order valence-electron chi connectivity index (χ2n) is 0.659. The average Bonchev–Trinajstić information content (AvgIpc) is 1.27. The van der Waals surface area contributed by atoms with Crippen molar-refractivity contribution in [3.8, 4) is 0 Å². The molecule has 0 saturated carbocycles. The Bertz CT molecular complexity index is 73.3. The van der Waals surface area contributed by atoms with Gasteiger partial charge in [0.05, 0.1) is 0 Å². The van der Waals surface area contributed by atoms with Gasteiger partial charge in [-0.15, -0.1) is 0 Å². The Morgan fingerprint density at radius 1 is 1.57 bits per heavy atom. The molecule has 2 N–H and O–H groups in total. The summed E-state index contributed by atoms with van der Waals surface area (Å²) in [5, 5.41) is 6.74. The van der Waals surface area contributed by atoms with Crippen LogP contribution in [0.1, 0.15) is 0 Å². The van der Waals surface area contributed by atoms with Crippen molar-refractivity contribution in [2.45, 2.75) is 0 Å². The van der Waals surface area contributed by atoms with E-state index in [1.807, 2.05) is 0 Å². The van der Waals surface area contributed by atoms with Gasteiger partial charge in [-0.25, -0.2) is 0 Å². The molecule has 0 radical (unpaired) electrons. The molecule has 0 atom stereocenters. The molecule has 0 amide bonds. The largest absolute Gasteiger partial charge is 0.374 e. The van der Waals surface area contributed by atoms with E-state index in [0.29, 0.717) is 0 Å². The fourth-order valence-electron chi connectivity index (χ4n) is 0.0742. The van der Waals surface area contributed by atoms with Gasteiger partial charge in [-0.05, 0) is 0 Å². The average molecular weight is 130 g/mol. The third kappa shape index (κ3) is 5.69. The zero-order valence-corrected chi connectivity index (χ0v) is 3.98. The summed E-state index contributed by atoms with van der Waals surface area (Å²) in [6.07, 6.45) is -1.68. The van der Waals surface area contributed by atoms with Gasteiger partial charge in [-0.2, -0.15) is 12.8 Å². The van der Waals surface area contributed by atoms with Crippen LogP contribution in [0, 0.1) is 5.41 Å². The number of hydrogen-bond donors (Lipinski definition) is 2. The maximum atomic E-state index is 11.0. The van der Waals surface area contributed by atoms with E-state index in [9.17, 15) is 12.8 Å². The van der Waals surface area contributed by atoms with E-state index in [4.69, 9.17) is 5.41 Å². The van der Waals surface area contributed by atoms with Crippen LogP contribution in [0.25, 0.3) is 0 Å². The van der Waals surface area contributed by atoms with Gasteiger partial charge in [0.1, 0.15) is 0 Å². The van der Waals surface area contributed by atoms with Crippen molar-refractivity contribution in [1.29, 1.82) is 5.41 Å². The van der Waals surface area contributed by atoms with Gasteiger partial charge in [0, 0.05) is 0 Å². The van der Waals surface area contributed by atoms with E-state index in [-0.39, 0.29) is 0 Å². The van der Waals surface area contributed by atoms with Crippen LogP contribution in [0.4, 0.5) is 12.8 Å². The van der Waals surface area contributed by atoms with Crippen LogP contribution in [0.2, 0.25) is 0 Å². The monoisotopic (exact) mass is 130 g/mol. The number of nitrogens with one attached hydrogen (secondary N) is 2. The molecule has 0 unspecified atom stereocenters. The second kappa shape index (κ2) is 2.80. The van der Waals surface area contributed by atoms with Gasteiger partial charge in [0.25, 0.3) is 6.09 Å². The first-order chi connectivity index (χ1) is 3.13. The molecule has 0 heterocycles. The molecular weight excluding hydrogens is 128 g/mol. The highest BCUT2D eigenvalue weighted by molar-refractivity contribution is 7.44. The molecule has 0 saturated heterocycles. The van der Waals surface area contributed by atoms with Crippen LogP contribution in [0.15, 0.2) is 0 Å². The Kier molecular flexibility index (Phi) is 2.67. The minimum absolute atomic E-state index is 0.954. The molecule has 0 aromatic rings. The Labute approximate surface area is 39.3 Å². The summed E-state index contributed by atoms with van der Waals surface area (Å²) < 4.78 is 32.7. The SMILES string of the molecule is N=C(F)NP(F)F. The quantitative estimate of drug-likeness (QED) is 0.240. The van der Waals surface area contributed by atoms with E-state index >= 15 is 0 Å². The first-order valence-corrected chi connectivity index (χ1v) is 2.37. The van der Waals surface area contributed by atoms with Crippen molar-refractivity contribution in [2.24, 2.45) is 0 Å². The minimum Gasteiger partial charge on any atom is -0.273 e. The molecule has 0 aliphatic rings. The van der Waals surface area contributed by atoms with Crippen LogP contribution >= 0.6 is 8.69 Å². The van der Waals surface area contributed by atoms with Crippen LogP contribution in [-0.2, 0) is 0 Å². The maximum absolute atomic E-state index is 11.0. The van der Waals surface area contributed by atoms with Crippen LogP contribution < -0.4 is 5.09 Å². The van der Waals surface area contributed by atoms with Gasteiger partial charge >= 0.3 is 8.69 Å². The highest BCUT2D eigenvalue weighted by Gasteiger charge is 2.03. The molecular formula is CH2F3N2P. The topological polar surface area (TPSA) is 35.9 Å². The smallest absolute Gasteiger partial charge is 0.273 e. The lowest BCUT2D eigenvalue weighted by molar-refractivity contribution is 0.702. The molecule has 0 aliphatic heterocycles.